The summed E-state index contributed by atoms with van der Waals surface area (Å²) >= 11 is 0. The maximum absolute atomic E-state index is 12.6. The number of phenolic OH excluding ortho intramolecular Hbond substituents is 2. The van der Waals surface area contributed by atoms with Crippen LogP contribution in [0.5, 0.6) is 34.5 Å². The van der Waals surface area contributed by atoms with Crippen LogP contribution in [0.4, 0.5) is 0 Å². The molecular formula is C40H30N2O8. The Morgan fingerprint density at radius 3 is 1.40 bits per heavy atom. The van der Waals surface area contributed by atoms with Gasteiger partial charge in [0.15, 0.2) is 0 Å². The fourth-order valence-electron chi connectivity index (χ4n) is 8.04. The number of methoxy groups -OCH3 is 2. The molecule has 248 valence electrons. The van der Waals surface area contributed by atoms with E-state index in [0.29, 0.717) is 56.4 Å². The van der Waals surface area contributed by atoms with Gasteiger partial charge in [-0.1, -0.05) is 36.4 Å². The Hall–Kier alpha value is -6.42. The van der Waals surface area contributed by atoms with Crippen LogP contribution in [-0.2, 0) is 11.4 Å². The Morgan fingerprint density at radius 1 is 0.580 bits per heavy atom. The van der Waals surface area contributed by atoms with Crippen LogP contribution in [0.15, 0.2) is 84.9 Å². The van der Waals surface area contributed by atoms with Gasteiger partial charge < -0.3 is 39.8 Å². The number of phenols is 2. The summed E-state index contributed by atoms with van der Waals surface area (Å²) < 4.78 is 23.6. The number of rotatable bonds is 2. The fourth-order valence-corrected chi connectivity index (χ4v) is 8.04. The SMILES string of the molecule is COc1cccc2c1[C@@]1(NC2=O)Oc2cc(C)cc3ccc(O)c1c23.COc1cccc2c1[C@]1(NC2=O)Oc2cc(C)cc3ccc(O)c1c23. The van der Waals surface area contributed by atoms with E-state index < -0.39 is 11.4 Å². The normalized spacial score (nSPS) is 19.8. The summed E-state index contributed by atoms with van der Waals surface area (Å²) in [4.78, 5) is 25.2. The van der Waals surface area contributed by atoms with Crippen LogP contribution in [-0.4, -0.2) is 36.2 Å². The van der Waals surface area contributed by atoms with Crippen LogP contribution in [0.25, 0.3) is 21.5 Å². The lowest BCUT2D eigenvalue weighted by atomic mass is 9.90. The summed E-state index contributed by atoms with van der Waals surface area (Å²) in [5, 5.41) is 30.7. The summed E-state index contributed by atoms with van der Waals surface area (Å²) in [6.45, 7) is 3.97. The third-order valence-electron chi connectivity index (χ3n) is 9.90. The van der Waals surface area contributed by atoms with Gasteiger partial charge in [0.05, 0.1) is 47.6 Å². The highest BCUT2D eigenvalue weighted by Crippen LogP contribution is 2.56. The molecule has 4 N–H and O–H groups in total. The predicted octanol–water partition coefficient (Wildman–Crippen LogP) is 6.40. The third kappa shape index (κ3) is 3.72. The fraction of sp³-hybridized carbons (Fsp3) is 0.150. The van der Waals surface area contributed by atoms with Crippen LogP contribution >= 0.6 is 0 Å². The van der Waals surface area contributed by atoms with E-state index in [1.54, 1.807) is 62.8 Å². The van der Waals surface area contributed by atoms with Crippen molar-refractivity contribution in [3.63, 3.8) is 0 Å². The van der Waals surface area contributed by atoms with Gasteiger partial charge in [-0.3, -0.25) is 9.59 Å². The number of carbonyl (C=O) groups is 2. The third-order valence-corrected chi connectivity index (χ3v) is 9.90. The van der Waals surface area contributed by atoms with Gasteiger partial charge in [-0.15, -0.1) is 0 Å². The molecule has 4 aliphatic rings. The van der Waals surface area contributed by atoms with Gasteiger partial charge in [0.1, 0.15) is 34.5 Å². The van der Waals surface area contributed by atoms with Gasteiger partial charge in [-0.2, -0.15) is 0 Å². The molecule has 2 amide bonds. The molecule has 10 rings (SSSR count). The van der Waals surface area contributed by atoms with Gasteiger partial charge in [-0.05, 0) is 84.3 Å². The lowest BCUT2D eigenvalue weighted by Gasteiger charge is -2.27. The number of aromatic hydroxyl groups is 2. The molecule has 0 saturated heterocycles. The van der Waals surface area contributed by atoms with E-state index in [9.17, 15) is 19.8 Å². The van der Waals surface area contributed by atoms with Gasteiger partial charge >= 0.3 is 0 Å². The Bertz CT molecular complexity index is 2350. The lowest BCUT2D eigenvalue weighted by molar-refractivity contribution is 0.0683. The molecule has 10 heteroatoms. The number of hydrogen-bond donors (Lipinski definition) is 4. The van der Waals surface area contributed by atoms with Gasteiger partial charge in [0.2, 0.25) is 11.4 Å². The Balaban J connectivity index is 0.000000135. The molecule has 6 aromatic carbocycles. The molecular weight excluding hydrogens is 636 g/mol. The van der Waals surface area contributed by atoms with Crippen molar-refractivity contribution in [3.8, 4) is 34.5 Å². The molecule has 0 bridgehead atoms. The van der Waals surface area contributed by atoms with Gasteiger partial charge in [0.25, 0.3) is 11.8 Å². The smallest absolute Gasteiger partial charge is 0.255 e. The molecule has 0 radical (unpaired) electrons. The van der Waals surface area contributed by atoms with Crippen LogP contribution in [0.2, 0.25) is 0 Å². The molecule has 6 aromatic rings. The van der Waals surface area contributed by atoms with Crippen LogP contribution < -0.4 is 29.6 Å². The molecule has 0 saturated carbocycles. The summed E-state index contributed by atoms with van der Waals surface area (Å²) in [7, 11) is 3.11. The molecule has 0 unspecified atom stereocenters. The van der Waals surface area contributed by atoms with E-state index in [4.69, 9.17) is 18.9 Å². The van der Waals surface area contributed by atoms with E-state index in [0.717, 1.165) is 32.7 Å². The van der Waals surface area contributed by atoms with Crippen molar-refractivity contribution in [1.29, 1.82) is 0 Å². The van der Waals surface area contributed by atoms with Crippen molar-refractivity contribution in [2.75, 3.05) is 14.2 Å². The number of aryl methyl sites for hydroxylation is 2. The summed E-state index contributed by atoms with van der Waals surface area (Å²) in [6, 6.07) is 25.5. The monoisotopic (exact) mass is 666 g/mol. The zero-order chi connectivity index (χ0) is 34.7. The summed E-state index contributed by atoms with van der Waals surface area (Å²) in [5.74, 6) is 2.00. The highest BCUT2D eigenvalue weighted by molar-refractivity contribution is 6.06. The van der Waals surface area contributed by atoms with E-state index in [1.807, 2.05) is 50.2 Å². The molecule has 2 spiro atoms. The molecule has 0 fully saturated rings. The summed E-state index contributed by atoms with van der Waals surface area (Å²) in [6.07, 6.45) is 0. The Morgan fingerprint density at radius 2 is 1.00 bits per heavy atom. The minimum absolute atomic E-state index is 0.0779. The first-order chi connectivity index (χ1) is 24.1. The van der Waals surface area contributed by atoms with Crippen molar-refractivity contribution in [1.82, 2.24) is 10.6 Å². The highest BCUT2D eigenvalue weighted by Gasteiger charge is 2.56. The number of nitrogens with one attached hydrogen (secondary N) is 2. The van der Waals surface area contributed by atoms with Gasteiger partial charge in [-0.25, -0.2) is 0 Å². The largest absolute Gasteiger partial charge is 0.507 e. The molecule has 4 heterocycles. The second-order valence-corrected chi connectivity index (χ2v) is 12.9. The van der Waals surface area contributed by atoms with Crippen LogP contribution in [0, 0.1) is 13.8 Å². The maximum atomic E-state index is 12.6. The molecule has 0 aliphatic carbocycles. The predicted molar refractivity (Wildman–Crippen MR) is 184 cm³/mol. The average molecular weight is 667 g/mol. The quantitative estimate of drug-likeness (QED) is 0.167. The molecule has 10 nitrogen and oxygen atoms in total. The molecule has 2 atom stereocenters. The average Bonchev–Trinajstić information content (AvgIpc) is 3.79. The topological polar surface area (TPSA) is 136 Å². The maximum Gasteiger partial charge on any atom is 0.255 e. The Labute approximate surface area is 285 Å². The van der Waals surface area contributed by atoms with Crippen LogP contribution in [0.1, 0.15) is 54.1 Å². The zero-order valence-corrected chi connectivity index (χ0v) is 27.4. The standard InChI is InChI=1S/2C20H15NO4/c2*1-10-8-11-6-7-13(22)18-16(11)15(9-10)25-20(18)17-12(19(23)21-20)4-3-5-14(17)24-2/h2*3-9,22H,1-2H3,(H,21,23)/t2*20-/m10/s1. The molecule has 0 aromatic heterocycles. The van der Waals surface area contributed by atoms with Crippen LogP contribution in [0.3, 0.4) is 0 Å². The number of ether oxygens (including phenoxy) is 4. The number of amides is 2. The summed E-state index contributed by atoms with van der Waals surface area (Å²) in [5.41, 5.74) is 2.80. The van der Waals surface area contributed by atoms with E-state index in [-0.39, 0.29) is 23.3 Å². The van der Waals surface area contributed by atoms with Crippen molar-refractivity contribution in [2.24, 2.45) is 0 Å². The first-order valence-corrected chi connectivity index (χ1v) is 16.0. The lowest BCUT2D eigenvalue weighted by Crippen LogP contribution is -2.43. The number of carbonyl (C=O) groups excluding carboxylic acids is 2. The second kappa shape index (κ2) is 10.1. The number of benzene rings is 6. The van der Waals surface area contributed by atoms with E-state index in [1.165, 1.54) is 0 Å². The van der Waals surface area contributed by atoms with Crippen molar-refractivity contribution in [2.45, 2.75) is 25.3 Å². The highest BCUT2D eigenvalue weighted by atomic mass is 16.5. The number of hydrogen-bond acceptors (Lipinski definition) is 8. The van der Waals surface area contributed by atoms with Crippen molar-refractivity contribution >= 4 is 33.4 Å². The van der Waals surface area contributed by atoms with Gasteiger partial charge in [0, 0.05) is 10.8 Å². The Kier molecular flexibility index (Phi) is 5.97. The zero-order valence-electron chi connectivity index (χ0n) is 27.4. The first-order valence-electron chi connectivity index (χ1n) is 16.0. The second-order valence-electron chi connectivity index (χ2n) is 12.9. The van der Waals surface area contributed by atoms with Crippen molar-refractivity contribution < 1.29 is 38.7 Å². The number of fused-ring (bicyclic) bond motifs is 6. The molecule has 4 aliphatic heterocycles. The minimum Gasteiger partial charge on any atom is -0.507 e. The molecule has 50 heavy (non-hydrogen) atoms. The van der Waals surface area contributed by atoms with Crippen molar-refractivity contribution in [3.05, 3.63) is 129 Å². The minimum atomic E-state index is -1.28. The van der Waals surface area contributed by atoms with E-state index in [2.05, 4.69) is 10.6 Å². The van der Waals surface area contributed by atoms with E-state index >= 15 is 0 Å². The first kappa shape index (κ1) is 29.7.